The molecule has 6 nitrogen and oxygen atoms in total. The van der Waals surface area contributed by atoms with Crippen molar-refractivity contribution in [2.75, 3.05) is 0 Å². The quantitative estimate of drug-likeness (QED) is 0.784. The number of pyridine rings is 1. The van der Waals surface area contributed by atoms with E-state index in [0.29, 0.717) is 27.2 Å². The molecule has 128 valence electrons. The molecule has 1 N–H and O–H groups in total. The first kappa shape index (κ1) is 16.0. The maximum Gasteiger partial charge on any atom is 0.262 e. The zero-order valence-corrected chi connectivity index (χ0v) is 14.9. The van der Waals surface area contributed by atoms with Crippen LogP contribution in [0.15, 0.2) is 29.2 Å². The number of thiophene rings is 1. The second kappa shape index (κ2) is 6.07. The largest absolute Gasteiger partial charge is 0.343 e. The van der Waals surface area contributed by atoms with E-state index in [4.69, 9.17) is 0 Å². The van der Waals surface area contributed by atoms with Crippen LogP contribution in [-0.4, -0.2) is 20.4 Å². The first-order valence-electron chi connectivity index (χ1n) is 8.31. The van der Waals surface area contributed by atoms with Crippen molar-refractivity contribution in [1.82, 2.24) is 19.9 Å². The first-order chi connectivity index (χ1) is 12.1. The normalized spacial score (nSPS) is 14.5. The van der Waals surface area contributed by atoms with Gasteiger partial charge in [-0.1, -0.05) is 6.07 Å². The lowest BCUT2D eigenvalue weighted by Crippen LogP contribution is -2.27. The van der Waals surface area contributed by atoms with Crippen LogP contribution in [0.5, 0.6) is 0 Å². The molecule has 0 aromatic carbocycles. The Morgan fingerprint density at radius 1 is 1.40 bits per heavy atom. The minimum Gasteiger partial charge on any atom is -0.343 e. The first-order valence-corrected chi connectivity index (χ1v) is 9.12. The molecule has 0 saturated heterocycles. The predicted octanol–water partition coefficient (Wildman–Crippen LogP) is 2.60. The van der Waals surface area contributed by atoms with Gasteiger partial charge in [0.05, 0.1) is 22.0 Å². The zero-order valence-electron chi connectivity index (χ0n) is 14.1. The van der Waals surface area contributed by atoms with E-state index in [1.165, 1.54) is 11.3 Å². The average Bonchev–Trinajstić information content (AvgIpc) is 3.21. The van der Waals surface area contributed by atoms with Gasteiger partial charge in [0.2, 0.25) is 0 Å². The van der Waals surface area contributed by atoms with Gasteiger partial charge in [0.1, 0.15) is 10.7 Å². The monoisotopic (exact) mass is 354 g/mol. The van der Waals surface area contributed by atoms with E-state index in [9.17, 15) is 9.59 Å². The van der Waals surface area contributed by atoms with Crippen molar-refractivity contribution in [3.63, 3.8) is 0 Å². The van der Waals surface area contributed by atoms with Crippen molar-refractivity contribution in [2.24, 2.45) is 0 Å². The van der Waals surface area contributed by atoms with Crippen molar-refractivity contribution in [3.05, 3.63) is 56.7 Å². The third-order valence-corrected chi connectivity index (χ3v) is 5.78. The number of hydrogen-bond acceptors (Lipinski definition) is 5. The standard InChI is InChI=1S/C18H18N4O2S/c1-10-14-17(21-13-7-5-9-22(13)18(14)24)25-15(10)16(23)20-11(2)12-6-3-4-8-19-12/h3-4,6,8,11H,5,7,9H2,1-2H3,(H,20,23). The van der Waals surface area contributed by atoms with Crippen LogP contribution in [0.4, 0.5) is 0 Å². The second-order valence-corrected chi connectivity index (χ2v) is 7.27. The highest BCUT2D eigenvalue weighted by molar-refractivity contribution is 7.20. The van der Waals surface area contributed by atoms with Crippen LogP contribution < -0.4 is 10.9 Å². The van der Waals surface area contributed by atoms with Gasteiger partial charge in [-0.2, -0.15) is 0 Å². The number of nitrogens with one attached hydrogen (secondary N) is 1. The maximum absolute atomic E-state index is 12.7. The fourth-order valence-corrected chi connectivity index (χ4v) is 4.35. The van der Waals surface area contributed by atoms with E-state index in [1.807, 2.05) is 32.0 Å². The Kier molecular flexibility index (Phi) is 3.88. The molecule has 0 aliphatic carbocycles. The summed E-state index contributed by atoms with van der Waals surface area (Å²) in [6.45, 7) is 4.43. The van der Waals surface area contributed by atoms with E-state index in [2.05, 4.69) is 15.3 Å². The lowest BCUT2D eigenvalue weighted by Gasteiger charge is -2.12. The Labute approximate surface area is 148 Å². The van der Waals surface area contributed by atoms with E-state index in [0.717, 1.165) is 24.4 Å². The van der Waals surface area contributed by atoms with Crippen LogP contribution in [0, 0.1) is 6.92 Å². The highest BCUT2D eigenvalue weighted by Crippen LogP contribution is 2.29. The fourth-order valence-electron chi connectivity index (χ4n) is 3.26. The SMILES string of the molecule is Cc1c(C(=O)NC(C)c2ccccn2)sc2nc3n(c(=O)c12)CCC3. The zero-order chi connectivity index (χ0) is 17.6. The topological polar surface area (TPSA) is 76.9 Å². The molecule has 25 heavy (non-hydrogen) atoms. The Morgan fingerprint density at radius 2 is 2.24 bits per heavy atom. The summed E-state index contributed by atoms with van der Waals surface area (Å²) >= 11 is 1.29. The van der Waals surface area contributed by atoms with Crippen LogP contribution >= 0.6 is 11.3 Å². The summed E-state index contributed by atoms with van der Waals surface area (Å²) in [6, 6.07) is 5.40. The number of fused-ring (bicyclic) bond motifs is 2. The molecule has 4 heterocycles. The van der Waals surface area contributed by atoms with Gasteiger partial charge in [0, 0.05) is 19.2 Å². The number of nitrogens with zero attached hydrogens (tertiary/aromatic N) is 3. The molecule has 1 aliphatic rings. The third kappa shape index (κ3) is 2.64. The highest BCUT2D eigenvalue weighted by atomic mass is 32.1. The molecule has 0 saturated carbocycles. The van der Waals surface area contributed by atoms with Gasteiger partial charge in [0.15, 0.2) is 0 Å². The fraction of sp³-hybridized carbons (Fsp3) is 0.333. The van der Waals surface area contributed by atoms with Gasteiger partial charge < -0.3 is 5.32 Å². The summed E-state index contributed by atoms with van der Waals surface area (Å²) in [5, 5.41) is 3.54. The second-order valence-electron chi connectivity index (χ2n) is 6.27. The molecular weight excluding hydrogens is 336 g/mol. The molecule has 3 aromatic rings. The number of amides is 1. The van der Waals surface area contributed by atoms with Gasteiger partial charge in [-0.3, -0.25) is 19.1 Å². The number of carbonyl (C=O) groups excluding carboxylic acids is 1. The van der Waals surface area contributed by atoms with Gasteiger partial charge in [-0.05, 0) is 38.0 Å². The van der Waals surface area contributed by atoms with Crippen molar-refractivity contribution in [1.29, 1.82) is 0 Å². The maximum atomic E-state index is 12.7. The Hall–Kier alpha value is -2.54. The van der Waals surface area contributed by atoms with Crippen LogP contribution in [0.3, 0.4) is 0 Å². The van der Waals surface area contributed by atoms with E-state index in [-0.39, 0.29) is 17.5 Å². The summed E-state index contributed by atoms with van der Waals surface area (Å²) in [5.41, 5.74) is 1.49. The number of rotatable bonds is 3. The van der Waals surface area contributed by atoms with Crippen LogP contribution in [-0.2, 0) is 13.0 Å². The molecule has 3 aromatic heterocycles. The van der Waals surface area contributed by atoms with Crippen LogP contribution in [0.2, 0.25) is 0 Å². The lowest BCUT2D eigenvalue weighted by atomic mass is 10.2. The Morgan fingerprint density at radius 3 is 3.00 bits per heavy atom. The summed E-state index contributed by atoms with van der Waals surface area (Å²) in [7, 11) is 0. The van der Waals surface area contributed by atoms with Crippen molar-refractivity contribution in [2.45, 2.75) is 39.3 Å². The van der Waals surface area contributed by atoms with Gasteiger partial charge in [0.25, 0.3) is 11.5 Å². The molecule has 7 heteroatoms. The highest BCUT2D eigenvalue weighted by Gasteiger charge is 2.24. The van der Waals surface area contributed by atoms with Gasteiger partial charge in [-0.25, -0.2) is 4.98 Å². The summed E-state index contributed by atoms with van der Waals surface area (Å²) < 4.78 is 1.74. The van der Waals surface area contributed by atoms with Crippen molar-refractivity contribution in [3.8, 4) is 0 Å². The number of aryl methyl sites for hydroxylation is 2. The molecule has 1 atom stereocenters. The van der Waals surface area contributed by atoms with E-state index in [1.54, 1.807) is 10.8 Å². The summed E-state index contributed by atoms with van der Waals surface area (Å²) in [6.07, 6.45) is 3.48. The van der Waals surface area contributed by atoms with E-state index < -0.39 is 0 Å². The Balaban J connectivity index is 1.70. The number of aromatic nitrogens is 3. The number of carbonyl (C=O) groups is 1. The summed E-state index contributed by atoms with van der Waals surface area (Å²) in [5.74, 6) is 0.635. The molecule has 0 bridgehead atoms. The van der Waals surface area contributed by atoms with E-state index >= 15 is 0 Å². The minimum atomic E-state index is -0.211. The summed E-state index contributed by atoms with van der Waals surface area (Å²) in [4.78, 5) is 35.5. The third-order valence-electron chi connectivity index (χ3n) is 4.60. The molecule has 1 unspecified atom stereocenters. The Bertz CT molecular complexity index is 1020. The molecule has 0 fully saturated rings. The molecule has 1 amide bonds. The predicted molar refractivity (Wildman–Crippen MR) is 97.1 cm³/mol. The molecule has 0 spiro atoms. The molecule has 4 rings (SSSR count). The van der Waals surface area contributed by atoms with Gasteiger partial charge in [-0.15, -0.1) is 11.3 Å². The van der Waals surface area contributed by atoms with Crippen molar-refractivity contribution >= 4 is 27.5 Å². The average molecular weight is 354 g/mol. The van der Waals surface area contributed by atoms with Crippen LogP contribution in [0.25, 0.3) is 10.2 Å². The van der Waals surface area contributed by atoms with Crippen molar-refractivity contribution < 1.29 is 4.79 Å². The number of hydrogen-bond donors (Lipinski definition) is 1. The lowest BCUT2D eigenvalue weighted by molar-refractivity contribution is 0.0943. The van der Waals surface area contributed by atoms with Crippen LogP contribution in [0.1, 0.15) is 46.1 Å². The molecular formula is C18H18N4O2S. The smallest absolute Gasteiger partial charge is 0.262 e. The molecule has 1 aliphatic heterocycles. The van der Waals surface area contributed by atoms with Gasteiger partial charge >= 0.3 is 0 Å². The minimum absolute atomic E-state index is 0.0249. The molecule has 0 radical (unpaired) electrons.